The van der Waals surface area contributed by atoms with Gasteiger partial charge in [-0.25, -0.2) is 0 Å². The average molecular weight is 238 g/mol. The predicted octanol–water partition coefficient (Wildman–Crippen LogP) is 1.73. The Morgan fingerprint density at radius 3 is 3.06 bits per heavy atom. The monoisotopic (exact) mass is 238 g/mol. The molecule has 2 bridgehead atoms. The van der Waals surface area contributed by atoms with E-state index >= 15 is 0 Å². The molecule has 3 rings (SSSR count). The summed E-state index contributed by atoms with van der Waals surface area (Å²) in [6, 6.07) is 1.80. The topological polar surface area (TPSA) is 53.4 Å². The summed E-state index contributed by atoms with van der Waals surface area (Å²) in [5.74, 6) is 0. The molecule has 1 aromatic heterocycles. The highest BCUT2D eigenvalue weighted by molar-refractivity contribution is 5.04. The van der Waals surface area contributed by atoms with E-state index in [4.69, 9.17) is 9.47 Å². The standard InChI is InChI=1S/C10H12N2O3.C2H6/c1-10-4-2-8(15-10)12-5-3-7(13)11-9(12)14-6-10;1-2/h3,5,8H,2,4,6H2,1H3;1-2H3/t8-,10+;/m1./s1. The Labute approximate surface area is 100 Å². The van der Waals surface area contributed by atoms with Crippen molar-refractivity contribution in [1.82, 2.24) is 9.55 Å². The van der Waals surface area contributed by atoms with Gasteiger partial charge < -0.3 is 9.47 Å². The predicted molar refractivity (Wildman–Crippen MR) is 63.1 cm³/mol. The van der Waals surface area contributed by atoms with Crippen LogP contribution in [0.5, 0.6) is 6.01 Å². The van der Waals surface area contributed by atoms with Crippen LogP contribution in [0.2, 0.25) is 0 Å². The van der Waals surface area contributed by atoms with Crippen molar-refractivity contribution in [2.75, 3.05) is 6.61 Å². The molecule has 2 atom stereocenters. The lowest BCUT2D eigenvalue weighted by atomic mass is 10.0. The molecule has 3 heterocycles. The van der Waals surface area contributed by atoms with Crippen LogP contribution in [0.1, 0.15) is 39.8 Å². The van der Waals surface area contributed by atoms with Crippen molar-refractivity contribution in [2.24, 2.45) is 0 Å². The van der Waals surface area contributed by atoms with E-state index in [1.54, 1.807) is 10.8 Å². The third-order valence-corrected chi connectivity index (χ3v) is 2.96. The summed E-state index contributed by atoms with van der Waals surface area (Å²) in [5, 5.41) is 0. The van der Waals surface area contributed by atoms with Crippen LogP contribution >= 0.6 is 0 Å². The van der Waals surface area contributed by atoms with Gasteiger partial charge in [-0.05, 0) is 19.8 Å². The molecule has 1 fully saturated rings. The van der Waals surface area contributed by atoms with Gasteiger partial charge in [-0.2, -0.15) is 4.98 Å². The lowest BCUT2D eigenvalue weighted by Gasteiger charge is -2.20. The minimum absolute atomic E-state index is 0.0411. The smallest absolute Gasteiger partial charge is 0.301 e. The second-order valence-corrected chi connectivity index (χ2v) is 4.31. The Kier molecular flexibility index (Phi) is 3.19. The van der Waals surface area contributed by atoms with E-state index in [1.165, 1.54) is 6.07 Å². The molecule has 0 N–H and O–H groups in total. The Morgan fingerprint density at radius 2 is 2.29 bits per heavy atom. The van der Waals surface area contributed by atoms with Gasteiger partial charge in [0.05, 0.1) is 0 Å². The molecule has 2 aliphatic heterocycles. The minimum Gasteiger partial charge on any atom is -0.461 e. The zero-order chi connectivity index (χ0) is 12.5. The molecular weight excluding hydrogens is 220 g/mol. The van der Waals surface area contributed by atoms with E-state index in [-0.39, 0.29) is 17.4 Å². The van der Waals surface area contributed by atoms with Crippen LogP contribution in [0, 0.1) is 0 Å². The van der Waals surface area contributed by atoms with Gasteiger partial charge in [0.25, 0.3) is 5.56 Å². The molecule has 1 saturated heterocycles. The summed E-state index contributed by atoms with van der Waals surface area (Å²) in [6.07, 6.45) is 3.56. The zero-order valence-electron chi connectivity index (χ0n) is 10.5. The lowest BCUT2D eigenvalue weighted by molar-refractivity contribution is -0.0626. The first-order chi connectivity index (χ1) is 8.16. The Balaban J connectivity index is 0.000000514. The number of fused-ring (bicyclic) bond motifs is 4. The van der Waals surface area contributed by atoms with Crippen molar-refractivity contribution >= 4 is 0 Å². The van der Waals surface area contributed by atoms with Crippen LogP contribution in [0.15, 0.2) is 17.1 Å². The summed E-state index contributed by atoms with van der Waals surface area (Å²) in [4.78, 5) is 14.9. The van der Waals surface area contributed by atoms with Gasteiger partial charge in [0, 0.05) is 12.3 Å². The average Bonchev–Trinajstić information content (AvgIpc) is 2.65. The second kappa shape index (κ2) is 4.49. The normalized spacial score (nSPS) is 29.5. The van der Waals surface area contributed by atoms with Crippen molar-refractivity contribution in [2.45, 2.75) is 45.4 Å². The summed E-state index contributed by atoms with van der Waals surface area (Å²) in [7, 11) is 0. The lowest BCUT2D eigenvalue weighted by Crippen LogP contribution is -2.30. The molecule has 2 aliphatic rings. The first kappa shape index (κ1) is 12.1. The third-order valence-electron chi connectivity index (χ3n) is 2.96. The second-order valence-electron chi connectivity index (χ2n) is 4.31. The Hall–Kier alpha value is -1.36. The molecule has 0 unspecified atom stereocenters. The van der Waals surface area contributed by atoms with Crippen LogP contribution < -0.4 is 10.3 Å². The molecule has 0 radical (unpaired) electrons. The number of aromatic nitrogens is 2. The van der Waals surface area contributed by atoms with Gasteiger partial charge in [0.2, 0.25) is 0 Å². The summed E-state index contributed by atoms with van der Waals surface area (Å²) in [6.45, 7) is 6.48. The van der Waals surface area contributed by atoms with Gasteiger partial charge in [-0.15, -0.1) is 0 Å². The van der Waals surface area contributed by atoms with Crippen molar-refractivity contribution in [3.05, 3.63) is 22.6 Å². The largest absolute Gasteiger partial charge is 0.461 e. The maximum Gasteiger partial charge on any atom is 0.301 e. The highest BCUT2D eigenvalue weighted by Crippen LogP contribution is 2.39. The number of nitrogens with zero attached hydrogens (tertiary/aromatic N) is 2. The molecule has 0 aliphatic carbocycles. The Morgan fingerprint density at radius 1 is 1.53 bits per heavy atom. The maximum atomic E-state index is 11.1. The molecule has 0 spiro atoms. The molecule has 5 heteroatoms. The van der Waals surface area contributed by atoms with E-state index < -0.39 is 0 Å². The van der Waals surface area contributed by atoms with Gasteiger partial charge >= 0.3 is 6.01 Å². The van der Waals surface area contributed by atoms with Crippen LogP contribution in [0.4, 0.5) is 0 Å². The van der Waals surface area contributed by atoms with Crippen LogP contribution in [-0.4, -0.2) is 21.8 Å². The molecule has 17 heavy (non-hydrogen) atoms. The maximum absolute atomic E-state index is 11.1. The fraction of sp³-hybridized carbons (Fsp3) is 0.667. The first-order valence-electron chi connectivity index (χ1n) is 6.06. The molecular formula is C12H18N2O3. The number of hydrogen-bond donors (Lipinski definition) is 0. The van der Waals surface area contributed by atoms with Gasteiger partial charge in [-0.1, -0.05) is 13.8 Å². The number of ether oxygens (including phenoxy) is 2. The summed E-state index contributed by atoms with van der Waals surface area (Å²) >= 11 is 0. The third kappa shape index (κ3) is 2.20. The van der Waals surface area contributed by atoms with E-state index in [0.29, 0.717) is 12.6 Å². The van der Waals surface area contributed by atoms with Crippen molar-refractivity contribution in [1.29, 1.82) is 0 Å². The number of rotatable bonds is 0. The van der Waals surface area contributed by atoms with Crippen molar-refractivity contribution in [3.63, 3.8) is 0 Å². The zero-order valence-corrected chi connectivity index (χ0v) is 10.5. The summed E-state index contributed by atoms with van der Waals surface area (Å²) < 4.78 is 13.2. The van der Waals surface area contributed by atoms with E-state index in [1.807, 2.05) is 20.8 Å². The summed E-state index contributed by atoms with van der Waals surface area (Å²) in [5.41, 5.74) is -0.509. The molecule has 0 amide bonds. The van der Waals surface area contributed by atoms with Gasteiger partial charge in [0.1, 0.15) is 18.4 Å². The minimum atomic E-state index is -0.274. The quantitative estimate of drug-likeness (QED) is 0.690. The fourth-order valence-corrected chi connectivity index (χ4v) is 2.12. The highest BCUT2D eigenvalue weighted by atomic mass is 16.6. The van der Waals surface area contributed by atoms with Crippen LogP contribution in [-0.2, 0) is 4.74 Å². The van der Waals surface area contributed by atoms with Gasteiger partial charge in [0.15, 0.2) is 0 Å². The van der Waals surface area contributed by atoms with Crippen LogP contribution in [0.3, 0.4) is 0 Å². The Bertz CT molecular complexity index is 457. The molecule has 0 aromatic carbocycles. The van der Waals surface area contributed by atoms with Crippen molar-refractivity contribution in [3.8, 4) is 6.01 Å². The van der Waals surface area contributed by atoms with Crippen LogP contribution in [0.25, 0.3) is 0 Å². The van der Waals surface area contributed by atoms with E-state index in [0.717, 1.165) is 12.8 Å². The fourth-order valence-electron chi connectivity index (χ4n) is 2.12. The van der Waals surface area contributed by atoms with Crippen molar-refractivity contribution < 1.29 is 9.47 Å². The molecule has 5 nitrogen and oxygen atoms in total. The molecule has 1 aromatic rings. The SMILES string of the molecule is CC.C[C@@]12CC[C@@H](O1)n1ccc(=O)nc1OC2. The van der Waals surface area contributed by atoms with Gasteiger partial charge in [-0.3, -0.25) is 9.36 Å². The van der Waals surface area contributed by atoms with E-state index in [9.17, 15) is 4.79 Å². The number of hydrogen-bond acceptors (Lipinski definition) is 4. The first-order valence-corrected chi connectivity index (χ1v) is 6.06. The molecule has 94 valence electrons. The highest BCUT2D eigenvalue weighted by Gasteiger charge is 2.41. The molecule has 0 saturated carbocycles. The van der Waals surface area contributed by atoms with E-state index in [2.05, 4.69) is 4.98 Å².